The van der Waals surface area contributed by atoms with Crippen LogP contribution >= 0.6 is 34.7 Å². The zero-order valence-corrected chi connectivity index (χ0v) is 10.1. The summed E-state index contributed by atoms with van der Waals surface area (Å²) in [5.74, 6) is 0.706. The number of halogens is 1. The largest absolute Gasteiger partial charge is 0.229 e. The van der Waals surface area contributed by atoms with Gasteiger partial charge in [0.1, 0.15) is 15.0 Å². The van der Waals surface area contributed by atoms with E-state index in [2.05, 4.69) is 4.98 Å². The van der Waals surface area contributed by atoms with Gasteiger partial charge in [-0.15, -0.1) is 11.3 Å². The third-order valence-corrected chi connectivity index (χ3v) is 4.68. The molecule has 0 unspecified atom stereocenters. The summed E-state index contributed by atoms with van der Waals surface area (Å²) < 4.78 is 22.4. The highest BCUT2D eigenvalue weighted by Gasteiger charge is 2.04. The van der Waals surface area contributed by atoms with Gasteiger partial charge in [-0.25, -0.2) is 13.4 Å². The molecule has 0 aromatic carbocycles. The monoisotopic (exact) mass is 257 g/mol. The Labute approximate surface area is 90.4 Å². The van der Waals surface area contributed by atoms with Crippen molar-refractivity contribution in [1.29, 1.82) is 0 Å². The molecule has 1 heterocycles. The van der Waals surface area contributed by atoms with Crippen molar-refractivity contribution in [1.82, 2.24) is 4.98 Å². The molecular formula is C6H8ClNO2S3. The number of nitrogens with zero attached hydrogens (tertiary/aromatic N) is 1. The molecule has 1 aromatic heterocycles. The van der Waals surface area contributed by atoms with Crippen LogP contribution in [-0.4, -0.2) is 31.2 Å². The standard InChI is InChI=1S/C6H8ClNO2S3/c1-13(9,10)3-2-11-6-8-5(7)4-12-6/h4H,2-3H2,1H3. The summed E-state index contributed by atoms with van der Waals surface area (Å²) in [5, 5.41) is 2.19. The quantitative estimate of drug-likeness (QED) is 0.774. The summed E-state index contributed by atoms with van der Waals surface area (Å²) in [5.41, 5.74) is 0. The molecular weight excluding hydrogens is 250 g/mol. The van der Waals surface area contributed by atoms with Gasteiger partial charge in [-0.05, 0) is 0 Å². The predicted octanol–water partition coefficient (Wildman–Crippen LogP) is 1.93. The maximum absolute atomic E-state index is 10.8. The van der Waals surface area contributed by atoms with E-state index in [0.717, 1.165) is 4.34 Å². The van der Waals surface area contributed by atoms with Gasteiger partial charge >= 0.3 is 0 Å². The Morgan fingerprint density at radius 3 is 2.85 bits per heavy atom. The highest BCUT2D eigenvalue weighted by atomic mass is 35.5. The summed E-state index contributed by atoms with van der Waals surface area (Å²) in [4.78, 5) is 3.98. The Morgan fingerprint density at radius 1 is 1.69 bits per heavy atom. The highest BCUT2D eigenvalue weighted by molar-refractivity contribution is 8.02. The van der Waals surface area contributed by atoms with E-state index in [0.29, 0.717) is 10.9 Å². The number of rotatable bonds is 4. The molecule has 1 rings (SSSR count). The molecule has 0 radical (unpaired) electrons. The summed E-state index contributed by atoms with van der Waals surface area (Å²) >= 11 is 8.43. The molecule has 0 aliphatic carbocycles. The fraction of sp³-hybridized carbons (Fsp3) is 0.500. The molecule has 0 N–H and O–H groups in total. The molecule has 0 atom stereocenters. The average Bonchev–Trinajstić information content (AvgIpc) is 2.33. The number of sulfone groups is 1. The molecule has 0 fully saturated rings. The van der Waals surface area contributed by atoms with Crippen LogP contribution in [0.25, 0.3) is 0 Å². The summed E-state index contributed by atoms with van der Waals surface area (Å²) in [6.45, 7) is 0. The van der Waals surface area contributed by atoms with Crippen LogP contribution in [0.1, 0.15) is 0 Å². The third-order valence-electron chi connectivity index (χ3n) is 1.13. The van der Waals surface area contributed by atoms with Gasteiger partial charge in [-0.1, -0.05) is 23.4 Å². The van der Waals surface area contributed by atoms with E-state index in [1.165, 1.54) is 29.4 Å². The molecule has 0 amide bonds. The average molecular weight is 258 g/mol. The second kappa shape index (κ2) is 4.63. The molecule has 1 aromatic rings. The molecule has 0 aliphatic heterocycles. The number of thiazole rings is 1. The summed E-state index contributed by atoms with van der Waals surface area (Å²) in [6.07, 6.45) is 1.22. The minimum atomic E-state index is -2.86. The number of aromatic nitrogens is 1. The number of hydrogen-bond acceptors (Lipinski definition) is 5. The maximum atomic E-state index is 10.8. The zero-order chi connectivity index (χ0) is 9.90. The van der Waals surface area contributed by atoms with Crippen molar-refractivity contribution in [2.45, 2.75) is 4.34 Å². The van der Waals surface area contributed by atoms with E-state index in [1.54, 1.807) is 5.38 Å². The minimum absolute atomic E-state index is 0.175. The Balaban J connectivity index is 2.36. The van der Waals surface area contributed by atoms with Crippen molar-refractivity contribution in [2.24, 2.45) is 0 Å². The van der Waals surface area contributed by atoms with Crippen LogP contribution in [0.3, 0.4) is 0 Å². The van der Waals surface area contributed by atoms with Gasteiger partial charge in [0.05, 0.1) is 5.75 Å². The van der Waals surface area contributed by atoms with Crippen molar-refractivity contribution in [3.8, 4) is 0 Å². The van der Waals surface area contributed by atoms with E-state index < -0.39 is 9.84 Å². The third kappa shape index (κ3) is 4.85. The van der Waals surface area contributed by atoms with Crippen molar-refractivity contribution in [3.05, 3.63) is 10.5 Å². The fourth-order valence-corrected chi connectivity index (χ4v) is 3.85. The first-order valence-electron chi connectivity index (χ1n) is 3.39. The molecule has 0 saturated heterocycles. The molecule has 3 nitrogen and oxygen atoms in total. The van der Waals surface area contributed by atoms with E-state index in [1.807, 2.05) is 0 Å². The Bertz CT molecular complexity index is 373. The van der Waals surface area contributed by atoms with E-state index in [9.17, 15) is 8.42 Å². The Hall–Kier alpha value is 0.220. The van der Waals surface area contributed by atoms with Crippen molar-refractivity contribution in [3.63, 3.8) is 0 Å². The van der Waals surface area contributed by atoms with Gasteiger partial charge in [-0.3, -0.25) is 0 Å². The highest BCUT2D eigenvalue weighted by Crippen LogP contribution is 2.24. The Kier molecular flexibility index (Phi) is 4.03. The predicted molar refractivity (Wildman–Crippen MR) is 57.6 cm³/mol. The van der Waals surface area contributed by atoms with Crippen molar-refractivity contribution >= 4 is 44.5 Å². The van der Waals surface area contributed by atoms with Crippen LogP contribution in [-0.2, 0) is 9.84 Å². The molecule has 13 heavy (non-hydrogen) atoms. The van der Waals surface area contributed by atoms with E-state index in [4.69, 9.17) is 11.6 Å². The van der Waals surface area contributed by atoms with E-state index >= 15 is 0 Å². The zero-order valence-electron chi connectivity index (χ0n) is 6.86. The van der Waals surface area contributed by atoms with Crippen LogP contribution in [0.5, 0.6) is 0 Å². The van der Waals surface area contributed by atoms with Crippen LogP contribution in [0.4, 0.5) is 0 Å². The maximum Gasteiger partial charge on any atom is 0.151 e. The molecule has 0 spiro atoms. The minimum Gasteiger partial charge on any atom is -0.229 e. The van der Waals surface area contributed by atoms with Gasteiger partial charge in [0, 0.05) is 17.4 Å². The molecule has 74 valence electrons. The van der Waals surface area contributed by atoms with Gasteiger partial charge < -0.3 is 0 Å². The molecule has 0 aliphatic rings. The van der Waals surface area contributed by atoms with Gasteiger partial charge in [0.15, 0.2) is 4.34 Å². The van der Waals surface area contributed by atoms with Crippen molar-refractivity contribution < 1.29 is 8.42 Å². The van der Waals surface area contributed by atoms with Crippen LogP contribution in [0.2, 0.25) is 5.15 Å². The fourth-order valence-electron chi connectivity index (χ4n) is 0.586. The molecule has 7 heteroatoms. The first kappa shape index (κ1) is 11.3. The van der Waals surface area contributed by atoms with Crippen LogP contribution in [0, 0.1) is 0 Å². The van der Waals surface area contributed by atoms with Crippen LogP contribution in [0.15, 0.2) is 9.72 Å². The second-order valence-electron chi connectivity index (χ2n) is 2.41. The SMILES string of the molecule is CS(=O)(=O)CCSc1nc(Cl)cs1. The molecule has 0 saturated carbocycles. The number of hydrogen-bond donors (Lipinski definition) is 0. The first-order valence-corrected chi connectivity index (χ1v) is 7.69. The van der Waals surface area contributed by atoms with Gasteiger partial charge in [0.2, 0.25) is 0 Å². The lowest BCUT2D eigenvalue weighted by Crippen LogP contribution is -2.04. The second-order valence-corrected chi connectivity index (χ2v) is 7.26. The summed E-state index contributed by atoms with van der Waals surface area (Å²) in [7, 11) is -2.86. The lowest BCUT2D eigenvalue weighted by Gasteiger charge is -1.94. The van der Waals surface area contributed by atoms with E-state index in [-0.39, 0.29) is 5.75 Å². The topological polar surface area (TPSA) is 47.0 Å². The van der Waals surface area contributed by atoms with Gasteiger partial charge in [0.25, 0.3) is 0 Å². The van der Waals surface area contributed by atoms with Crippen LogP contribution < -0.4 is 0 Å². The van der Waals surface area contributed by atoms with Gasteiger partial charge in [-0.2, -0.15) is 0 Å². The normalized spacial score (nSPS) is 11.8. The smallest absolute Gasteiger partial charge is 0.151 e. The lowest BCUT2D eigenvalue weighted by molar-refractivity contribution is 0.603. The number of thioether (sulfide) groups is 1. The first-order chi connectivity index (χ1) is 5.97. The Morgan fingerprint density at radius 2 is 2.38 bits per heavy atom. The lowest BCUT2D eigenvalue weighted by atomic mass is 11.0. The molecule has 0 bridgehead atoms. The van der Waals surface area contributed by atoms with Crippen molar-refractivity contribution in [2.75, 3.05) is 17.8 Å². The summed E-state index contributed by atoms with van der Waals surface area (Å²) in [6, 6.07) is 0.